The summed E-state index contributed by atoms with van der Waals surface area (Å²) in [5.74, 6) is 0.542. The second kappa shape index (κ2) is 5.93. The van der Waals surface area contributed by atoms with Gasteiger partial charge in [-0.1, -0.05) is 24.3 Å². The van der Waals surface area contributed by atoms with E-state index in [1.807, 2.05) is 6.07 Å². The number of hydrogen-bond donors (Lipinski definition) is 0. The van der Waals surface area contributed by atoms with Crippen LogP contribution < -0.4 is 4.74 Å². The number of nitrogens with zero attached hydrogens (tertiary/aromatic N) is 1. The fourth-order valence-corrected chi connectivity index (χ4v) is 5.96. The highest BCUT2D eigenvalue weighted by Gasteiger charge is 2.49. The molecule has 25 heavy (non-hydrogen) atoms. The molecule has 2 aromatic rings. The van der Waals surface area contributed by atoms with E-state index < -0.39 is 15.6 Å². The van der Waals surface area contributed by atoms with Crippen LogP contribution in [0, 0.1) is 0 Å². The summed E-state index contributed by atoms with van der Waals surface area (Å²) in [6, 6.07) is 13.9. The van der Waals surface area contributed by atoms with E-state index >= 15 is 0 Å². The molecule has 1 spiro atoms. The molecule has 5 nitrogen and oxygen atoms in total. The van der Waals surface area contributed by atoms with Crippen LogP contribution in [-0.4, -0.2) is 37.2 Å². The number of para-hydroxylation sites is 1. The van der Waals surface area contributed by atoms with E-state index in [1.54, 1.807) is 42.5 Å². The topological polar surface area (TPSA) is 63.7 Å². The fourth-order valence-electron chi connectivity index (χ4n) is 3.48. The minimum atomic E-state index is -3.64. The zero-order valence-electron chi connectivity index (χ0n) is 13.3. The van der Waals surface area contributed by atoms with Gasteiger partial charge in [-0.15, -0.1) is 0 Å². The Labute approximate surface area is 154 Å². The molecule has 0 aliphatic carbocycles. The number of benzene rings is 2. The van der Waals surface area contributed by atoms with Crippen LogP contribution in [0.2, 0.25) is 0 Å². The van der Waals surface area contributed by atoms with E-state index in [0.717, 1.165) is 0 Å². The molecule has 0 radical (unpaired) electrons. The molecule has 1 atom stereocenters. The molecule has 2 aromatic carbocycles. The minimum absolute atomic E-state index is 0.00184. The number of carbonyl (C=O) groups is 1. The van der Waals surface area contributed by atoms with Crippen molar-refractivity contribution in [2.75, 3.05) is 13.1 Å². The summed E-state index contributed by atoms with van der Waals surface area (Å²) in [4.78, 5) is 12.7. The van der Waals surface area contributed by atoms with Gasteiger partial charge in [0.15, 0.2) is 5.78 Å². The number of ketones is 1. The van der Waals surface area contributed by atoms with Gasteiger partial charge in [0.2, 0.25) is 10.0 Å². The number of fused-ring (bicyclic) bond motifs is 1. The van der Waals surface area contributed by atoms with Crippen LogP contribution in [0.15, 0.2) is 57.9 Å². The second-order valence-corrected chi connectivity index (χ2v) is 9.16. The first-order valence-electron chi connectivity index (χ1n) is 7.97. The van der Waals surface area contributed by atoms with Gasteiger partial charge in [0.05, 0.1) is 23.4 Å². The van der Waals surface area contributed by atoms with Crippen molar-refractivity contribution in [1.82, 2.24) is 4.31 Å². The lowest BCUT2D eigenvalue weighted by Crippen LogP contribution is -2.45. The third kappa shape index (κ3) is 2.80. The van der Waals surface area contributed by atoms with E-state index in [-0.39, 0.29) is 23.6 Å². The Balaban J connectivity index is 1.64. The molecular weight excluding hydrogens is 406 g/mol. The van der Waals surface area contributed by atoms with Gasteiger partial charge < -0.3 is 4.74 Å². The SMILES string of the molecule is O=C1C[C@@]2(CCN(S(=O)(=O)c3ccccc3Br)C2)Oc2ccccc21. The number of hydrogen-bond acceptors (Lipinski definition) is 4. The molecule has 0 N–H and O–H groups in total. The van der Waals surface area contributed by atoms with Crippen molar-refractivity contribution in [2.24, 2.45) is 0 Å². The Morgan fingerprint density at radius 1 is 1.08 bits per heavy atom. The summed E-state index contributed by atoms with van der Waals surface area (Å²) in [7, 11) is -3.64. The van der Waals surface area contributed by atoms with Gasteiger partial charge in [0.25, 0.3) is 0 Å². The van der Waals surface area contributed by atoms with Crippen molar-refractivity contribution in [3.05, 3.63) is 58.6 Å². The molecule has 0 saturated carbocycles. The van der Waals surface area contributed by atoms with Gasteiger partial charge in [-0.05, 0) is 40.2 Å². The smallest absolute Gasteiger partial charge is 0.244 e. The van der Waals surface area contributed by atoms with Crippen molar-refractivity contribution >= 4 is 31.7 Å². The number of ether oxygens (including phenoxy) is 1. The summed E-state index contributed by atoms with van der Waals surface area (Å²) in [6.07, 6.45) is 0.697. The Morgan fingerprint density at radius 2 is 1.80 bits per heavy atom. The first kappa shape index (κ1) is 16.8. The van der Waals surface area contributed by atoms with Gasteiger partial charge in [0, 0.05) is 17.4 Å². The molecule has 2 aliphatic heterocycles. The predicted octanol–water partition coefficient (Wildman–Crippen LogP) is 3.25. The molecule has 1 saturated heterocycles. The quantitative estimate of drug-likeness (QED) is 0.746. The Morgan fingerprint density at radius 3 is 2.60 bits per heavy atom. The summed E-state index contributed by atoms with van der Waals surface area (Å²) >= 11 is 3.31. The average molecular weight is 422 g/mol. The maximum Gasteiger partial charge on any atom is 0.244 e. The molecule has 7 heteroatoms. The molecule has 0 bridgehead atoms. The standard InChI is InChI=1S/C18H16BrNO4S/c19-14-6-2-4-8-17(14)25(22,23)20-10-9-18(12-20)11-15(21)13-5-1-3-7-16(13)24-18/h1-8H,9-12H2/t18-/m1/s1. The molecule has 2 heterocycles. The molecule has 2 aliphatic rings. The highest BCUT2D eigenvalue weighted by atomic mass is 79.9. The molecular formula is C18H16BrNO4S. The number of carbonyl (C=O) groups excluding carboxylic acids is 1. The second-order valence-electron chi connectivity index (χ2n) is 6.40. The van der Waals surface area contributed by atoms with Gasteiger partial charge in [-0.2, -0.15) is 4.31 Å². The van der Waals surface area contributed by atoms with Crippen LogP contribution >= 0.6 is 15.9 Å². The molecule has 1 fully saturated rings. The lowest BCUT2D eigenvalue weighted by molar-refractivity contribution is 0.0498. The van der Waals surface area contributed by atoms with Crippen LogP contribution in [0.5, 0.6) is 5.75 Å². The molecule has 0 amide bonds. The van der Waals surface area contributed by atoms with Crippen molar-refractivity contribution < 1.29 is 17.9 Å². The maximum absolute atomic E-state index is 13.0. The van der Waals surface area contributed by atoms with Crippen LogP contribution in [0.1, 0.15) is 23.2 Å². The lowest BCUT2D eigenvalue weighted by Gasteiger charge is -2.34. The molecule has 0 unspecified atom stereocenters. The largest absolute Gasteiger partial charge is 0.485 e. The number of sulfonamides is 1. The average Bonchev–Trinajstić information content (AvgIpc) is 2.99. The number of rotatable bonds is 2. The summed E-state index contributed by atoms with van der Waals surface area (Å²) < 4.78 is 34.0. The normalized spacial score (nSPS) is 23.5. The van der Waals surface area contributed by atoms with Gasteiger partial charge in [0.1, 0.15) is 11.4 Å². The van der Waals surface area contributed by atoms with Crippen molar-refractivity contribution in [3.63, 3.8) is 0 Å². The van der Waals surface area contributed by atoms with E-state index in [2.05, 4.69) is 15.9 Å². The number of Topliss-reactive ketones (excluding diaryl/α,β-unsaturated/α-hetero) is 1. The highest BCUT2D eigenvalue weighted by Crippen LogP contribution is 2.40. The van der Waals surface area contributed by atoms with Crippen molar-refractivity contribution in [3.8, 4) is 5.75 Å². The molecule has 130 valence electrons. The first-order valence-corrected chi connectivity index (χ1v) is 10.2. The molecule has 0 aromatic heterocycles. The van der Waals surface area contributed by atoms with Crippen molar-refractivity contribution in [1.29, 1.82) is 0 Å². The van der Waals surface area contributed by atoms with E-state index in [4.69, 9.17) is 4.74 Å². The zero-order valence-corrected chi connectivity index (χ0v) is 15.7. The summed E-state index contributed by atoms with van der Waals surface area (Å²) in [6.45, 7) is 0.510. The van der Waals surface area contributed by atoms with Crippen LogP contribution in [-0.2, 0) is 10.0 Å². The lowest BCUT2D eigenvalue weighted by atomic mass is 9.89. The first-order chi connectivity index (χ1) is 11.9. The highest BCUT2D eigenvalue weighted by molar-refractivity contribution is 9.10. The van der Waals surface area contributed by atoms with Crippen LogP contribution in [0.25, 0.3) is 0 Å². The van der Waals surface area contributed by atoms with E-state index in [0.29, 0.717) is 28.8 Å². The molecule has 4 rings (SSSR count). The summed E-state index contributed by atoms with van der Waals surface area (Å²) in [5.41, 5.74) is -0.208. The van der Waals surface area contributed by atoms with Crippen molar-refractivity contribution in [2.45, 2.75) is 23.3 Å². The van der Waals surface area contributed by atoms with E-state index in [1.165, 1.54) is 4.31 Å². The predicted molar refractivity (Wildman–Crippen MR) is 96.3 cm³/mol. The maximum atomic E-state index is 13.0. The third-order valence-electron chi connectivity index (χ3n) is 4.73. The van der Waals surface area contributed by atoms with Crippen LogP contribution in [0.3, 0.4) is 0 Å². The number of halogens is 1. The van der Waals surface area contributed by atoms with Crippen LogP contribution in [0.4, 0.5) is 0 Å². The van der Waals surface area contributed by atoms with Gasteiger partial charge in [-0.25, -0.2) is 8.42 Å². The monoisotopic (exact) mass is 421 g/mol. The fraction of sp³-hybridized carbons (Fsp3) is 0.278. The Bertz CT molecular complexity index is 959. The zero-order chi connectivity index (χ0) is 17.7. The minimum Gasteiger partial charge on any atom is -0.485 e. The van der Waals surface area contributed by atoms with Gasteiger partial charge in [-0.3, -0.25) is 4.79 Å². The Hall–Kier alpha value is -1.70. The van der Waals surface area contributed by atoms with Gasteiger partial charge >= 0.3 is 0 Å². The van der Waals surface area contributed by atoms with E-state index in [9.17, 15) is 13.2 Å². The third-order valence-corrected chi connectivity index (χ3v) is 7.59. The Kier molecular flexibility index (Phi) is 3.97. The summed E-state index contributed by atoms with van der Waals surface area (Å²) in [5, 5.41) is 0.